The molecule has 1 aliphatic rings. The Morgan fingerprint density at radius 3 is 2.78 bits per heavy atom. The number of aryl methyl sites for hydroxylation is 1. The van der Waals surface area contributed by atoms with E-state index in [4.69, 9.17) is 4.74 Å². The summed E-state index contributed by atoms with van der Waals surface area (Å²) < 4.78 is 18.6. The number of amides is 1. The van der Waals surface area contributed by atoms with Gasteiger partial charge in [0.05, 0.1) is 12.3 Å². The van der Waals surface area contributed by atoms with Crippen molar-refractivity contribution in [3.63, 3.8) is 0 Å². The van der Waals surface area contributed by atoms with Gasteiger partial charge in [0.15, 0.2) is 0 Å². The van der Waals surface area contributed by atoms with Gasteiger partial charge in [-0.25, -0.2) is 9.37 Å². The second kappa shape index (κ2) is 8.35. The van der Waals surface area contributed by atoms with Crippen LogP contribution in [0.1, 0.15) is 41.8 Å². The minimum atomic E-state index is -0.976. The number of ether oxygens (including phenoxy) is 1. The fourth-order valence-electron chi connectivity index (χ4n) is 3.30. The summed E-state index contributed by atoms with van der Waals surface area (Å²) in [5, 5.41) is 11.9. The number of carbonyl (C=O) groups excluding carboxylic acids is 1. The average molecular weight is 392 g/mol. The number of hydrogen-bond acceptors (Lipinski definition) is 5. The number of thiazole rings is 1. The second-order valence-corrected chi connectivity index (χ2v) is 8.05. The van der Waals surface area contributed by atoms with E-state index in [0.717, 1.165) is 22.0 Å². The number of carbonyl (C=O) groups is 1. The van der Waals surface area contributed by atoms with Crippen LogP contribution in [0.4, 0.5) is 4.39 Å². The zero-order valence-corrected chi connectivity index (χ0v) is 16.5. The van der Waals surface area contributed by atoms with E-state index >= 15 is 0 Å². The Morgan fingerprint density at radius 1 is 1.33 bits per heavy atom. The Kier molecular flexibility index (Phi) is 6.11. The third kappa shape index (κ3) is 4.84. The van der Waals surface area contributed by atoms with E-state index in [2.05, 4.69) is 4.98 Å². The Balaban J connectivity index is 1.63. The van der Waals surface area contributed by atoms with Gasteiger partial charge in [0.25, 0.3) is 0 Å². The maximum Gasteiger partial charge on any atom is 0.219 e. The zero-order chi connectivity index (χ0) is 19.4. The molecule has 1 fully saturated rings. The second-order valence-electron chi connectivity index (χ2n) is 6.97. The van der Waals surface area contributed by atoms with E-state index in [1.54, 1.807) is 24.0 Å². The van der Waals surface area contributed by atoms with Crippen molar-refractivity contribution in [2.75, 3.05) is 19.7 Å². The van der Waals surface area contributed by atoms with E-state index in [0.29, 0.717) is 44.7 Å². The summed E-state index contributed by atoms with van der Waals surface area (Å²) in [6, 6.07) is 5.96. The van der Waals surface area contributed by atoms with Gasteiger partial charge in [-0.1, -0.05) is 0 Å². The first-order chi connectivity index (χ1) is 12.9. The molecule has 2 heterocycles. The van der Waals surface area contributed by atoms with E-state index in [1.165, 1.54) is 23.5 Å². The van der Waals surface area contributed by atoms with Crippen LogP contribution in [0.5, 0.6) is 5.75 Å². The lowest BCUT2D eigenvalue weighted by Crippen LogP contribution is -2.32. The monoisotopic (exact) mass is 392 g/mol. The summed E-state index contributed by atoms with van der Waals surface area (Å²) >= 11 is 1.52. The maximum atomic E-state index is 12.9. The normalized spacial score (nSPS) is 20.4. The lowest BCUT2D eigenvalue weighted by atomic mass is 9.96. The predicted octanol–water partition coefficient (Wildman–Crippen LogP) is 3.43. The fraction of sp³-hybridized carbons (Fsp3) is 0.500. The Labute approximate surface area is 162 Å². The predicted molar refractivity (Wildman–Crippen MR) is 102 cm³/mol. The Bertz CT molecular complexity index is 793. The van der Waals surface area contributed by atoms with Gasteiger partial charge in [-0.15, -0.1) is 11.3 Å². The van der Waals surface area contributed by atoms with Crippen molar-refractivity contribution in [1.29, 1.82) is 0 Å². The number of hydrogen-bond donors (Lipinski definition) is 1. The molecule has 1 N–H and O–H groups in total. The summed E-state index contributed by atoms with van der Waals surface area (Å²) in [6.45, 7) is 5.20. The summed E-state index contributed by atoms with van der Waals surface area (Å²) in [6.07, 6.45) is 2.55. The highest BCUT2D eigenvalue weighted by molar-refractivity contribution is 7.11. The van der Waals surface area contributed by atoms with Gasteiger partial charge in [-0.05, 0) is 44.0 Å². The van der Waals surface area contributed by atoms with Crippen molar-refractivity contribution >= 4 is 17.2 Å². The van der Waals surface area contributed by atoms with Gasteiger partial charge in [-0.3, -0.25) is 4.79 Å². The largest absolute Gasteiger partial charge is 0.493 e. The minimum Gasteiger partial charge on any atom is -0.493 e. The first kappa shape index (κ1) is 19.8. The Hall–Kier alpha value is -1.99. The van der Waals surface area contributed by atoms with Crippen molar-refractivity contribution in [1.82, 2.24) is 9.88 Å². The number of nitrogens with zero attached hydrogens (tertiary/aromatic N) is 2. The summed E-state index contributed by atoms with van der Waals surface area (Å²) in [5.41, 5.74) is -0.0748. The van der Waals surface area contributed by atoms with Gasteiger partial charge in [0.1, 0.15) is 22.2 Å². The van der Waals surface area contributed by atoms with Crippen LogP contribution in [0.15, 0.2) is 24.3 Å². The van der Waals surface area contributed by atoms with Crippen LogP contribution in [-0.4, -0.2) is 40.6 Å². The fourth-order valence-corrected chi connectivity index (χ4v) is 4.49. The lowest BCUT2D eigenvalue weighted by Gasteiger charge is -2.24. The molecule has 0 bridgehead atoms. The number of halogens is 1. The van der Waals surface area contributed by atoms with Crippen molar-refractivity contribution in [3.8, 4) is 5.75 Å². The molecule has 0 spiro atoms. The highest BCUT2D eigenvalue weighted by Gasteiger charge is 2.35. The molecule has 0 radical (unpaired) electrons. The quantitative estimate of drug-likeness (QED) is 0.847. The standard InChI is InChI=1S/C20H25FN2O3S/c1-14-18(8-13-26-17-6-4-16(21)5-7-17)27-19(22-14)20(25)9-3-11-23(12-10-20)15(2)24/h4-7,25H,3,8-13H2,1-2H3. The van der Waals surface area contributed by atoms with Gasteiger partial charge in [-0.2, -0.15) is 0 Å². The Morgan fingerprint density at radius 2 is 2.07 bits per heavy atom. The summed E-state index contributed by atoms with van der Waals surface area (Å²) in [4.78, 5) is 19.1. The highest BCUT2D eigenvalue weighted by atomic mass is 32.1. The molecule has 5 nitrogen and oxygen atoms in total. The summed E-state index contributed by atoms with van der Waals surface area (Å²) in [5.74, 6) is 0.393. The average Bonchev–Trinajstić information content (AvgIpc) is 2.88. The number of likely N-dealkylation sites (tertiary alicyclic amines) is 1. The molecule has 1 aliphatic heterocycles. The van der Waals surface area contributed by atoms with Crippen molar-refractivity contribution < 1.29 is 19.0 Å². The smallest absolute Gasteiger partial charge is 0.219 e. The molecule has 146 valence electrons. The SMILES string of the molecule is CC(=O)N1CCCC(O)(c2nc(C)c(CCOc3ccc(F)cc3)s2)CC1. The molecule has 1 unspecified atom stereocenters. The minimum absolute atomic E-state index is 0.0493. The first-order valence-corrected chi connectivity index (χ1v) is 10.0. The van der Waals surface area contributed by atoms with E-state index in [-0.39, 0.29) is 11.7 Å². The van der Waals surface area contributed by atoms with Crippen molar-refractivity contribution in [2.24, 2.45) is 0 Å². The molecule has 0 aliphatic carbocycles. The third-order valence-electron chi connectivity index (χ3n) is 4.96. The number of rotatable bonds is 5. The molecule has 0 saturated carbocycles. The molecule has 7 heteroatoms. The number of aliphatic hydroxyl groups is 1. The van der Waals surface area contributed by atoms with Crippen molar-refractivity contribution in [2.45, 2.75) is 45.1 Å². The molecule has 1 saturated heterocycles. The van der Waals surface area contributed by atoms with E-state index < -0.39 is 5.60 Å². The van der Waals surface area contributed by atoms with Gasteiger partial charge < -0.3 is 14.7 Å². The van der Waals surface area contributed by atoms with Crippen LogP contribution in [0, 0.1) is 12.7 Å². The van der Waals surface area contributed by atoms with Gasteiger partial charge >= 0.3 is 0 Å². The molecule has 1 aromatic carbocycles. The molecule has 27 heavy (non-hydrogen) atoms. The van der Waals surface area contributed by atoms with Crippen LogP contribution >= 0.6 is 11.3 Å². The summed E-state index contributed by atoms with van der Waals surface area (Å²) in [7, 11) is 0. The lowest BCUT2D eigenvalue weighted by molar-refractivity contribution is -0.128. The molecule has 2 aromatic rings. The van der Waals surface area contributed by atoms with E-state index in [1.807, 2.05) is 6.92 Å². The van der Waals surface area contributed by atoms with Gasteiger partial charge in [0, 0.05) is 37.7 Å². The molecular weight excluding hydrogens is 367 g/mol. The van der Waals surface area contributed by atoms with Crippen LogP contribution in [0.2, 0.25) is 0 Å². The van der Waals surface area contributed by atoms with Crippen LogP contribution in [0.25, 0.3) is 0 Å². The topological polar surface area (TPSA) is 62.7 Å². The first-order valence-electron chi connectivity index (χ1n) is 9.20. The third-order valence-corrected chi connectivity index (χ3v) is 6.37. The molecule has 1 amide bonds. The van der Waals surface area contributed by atoms with Gasteiger partial charge in [0.2, 0.25) is 5.91 Å². The maximum absolute atomic E-state index is 12.9. The molecular formula is C20H25FN2O3S. The number of benzene rings is 1. The number of aromatic nitrogens is 1. The molecule has 1 aromatic heterocycles. The van der Waals surface area contributed by atoms with Crippen molar-refractivity contribution in [3.05, 3.63) is 45.7 Å². The van der Waals surface area contributed by atoms with Crippen LogP contribution in [-0.2, 0) is 16.8 Å². The molecule has 1 atom stereocenters. The zero-order valence-electron chi connectivity index (χ0n) is 15.7. The van der Waals surface area contributed by atoms with Crippen LogP contribution < -0.4 is 4.74 Å². The van der Waals surface area contributed by atoms with E-state index in [9.17, 15) is 14.3 Å². The molecule has 3 rings (SSSR count). The van der Waals surface area contributed by atoms with Crippen LogP contribution in [0.3, 0.4) is 0 Å². The highest BCUT2D eigenvalue weighted by Crippen LogP contribution is 2.36.